The van der Waals surface area contributed by atoms with Gasteiger partial charge in [-0.25, -0.2) is 0 Å². The normalized spacial score (nSPS) is 11.0. The highest BCUT2D eigenvalue weighted by atomic mass is 16.2. The maximum atomic E-state index is 12.8. The molecule has 0 aliphatic heterocycles. The lowest BCUT2D eigenvalue weighted by Crippen LogP contribution is -2.27. The lowest BCUT2D eigenvalue weighted by atomic mass is 9.98. The van der Waals surface area contributed by atoms with E-state index in [4.69, 9.17) is 0 Å². The molecule has 2 N–H and O–H groups in total. The van der Waals surface area contributed by atoms with E-state index in [1.54, 1.807) is 6.07 Å². The summed E-state index contributed by atoms with van der Waals surface area (Å²) in [6.45, 7) is 7.63. The fourth-order valence-electron chi connectivity index (χ4n) is 2.92. The Morgan fingerprint density at radius 1 is 1.11 bits per heavy atom. The van der Waals surface area contributed by atoms with Gasteiger partial charge in [-0.15, -0.1) is 0 Å². The second-order valence-corrected chi connectivity index (χ2v) is 7.52. The largest absolute Gasteiger partial charge is 0.352 e. The van der Waals surface area contributed by atoms with Crippen molar-refractivity contribution < 1.29 is 9.59 Å². The van der Waals surface area contributed by atoms with Crippen molar-refractivity contribution in [3.8, 4) is 0 Å². The number of para-hydroxylation sites is 1. The number of rotatable bonds is 8. The maximum absolute atomic E-state index is 12.8. The second kappa shape index (κ2) is 9.99. The summed E-state index contributed by atoms with van der Waals surface area (Å²) >= 11 is 0. The molecule has 0 saturated heterocycles. The summed E-state index contributed by atoms with van der Waals surface area (Å²) in [6.07, 6.45) is 3.81. The number of anilines is 1. The molecule has 0 saturated carbocycles. The molecule has 0 bridgehead atoms. The quantitative estimate of drug-likeness (QED) is 0.686. The van der Waals surface area contributed by atoms with Gasteiger partial charge in [-0.05, 0) is 57.1 Å². The Balaban J connectivity index is 2.10. The van der Waals surface area contributed by atoms with Gasteiger partial charge in [0, 0.05) is 24.6 Å². The minimum atomic E-state index is -0.272. The number of benzene rings is 1. The molecule has 28 heavy (non-hydrogen) atoms. The van der Waals surface area contributed by atoms with Crippen molar-refractivity contribution in [2.45, 2.75) is 33.1 Å². The molecular weight excluding hydrogens is 352 g/mol. The molecule has 0 atom stereocenters. The number of hydrogen-bond acceptors (Lipinski definition) is 4. The Bertz CT molecular complexity index is 831. The molecule has 0 radical (unpaired) electrons. The molecule has 0 aliphatic carbocycles. The average Bonchev–Trinajstić information content (AvgIpc) is 2.66. The molecule has 0 fully saturated rings. The van der Waals surface area contributed by atoms with Gasteiger partial charge in [-0.1, -0.05) is 32.0 Å². The number of aromatic nitrogens is 1. The van der Waals surface area contributed by atoms with Crippen molar-refractivity contribution >= 4 is 17.5 Å². The van der Waals surface area contributed by atoms with Crippen LogP contribution < -0.4 is 10.6 Å². The number of amides is 2. The molecule has 150 valence electrons. The summed E-state index contributed by atoms with van der Waals surface area (Å²) in [5, 5.41) is 5.86. The van der Waals surface area contributed by atoms with Crippen LogP contribution in [0.2, 0.25) is 0 Å². The van der Waals surface area contributed by atoms with E-state index in [0.717, 1.165) is 29.8 Å². The summed E-state index contributed by atoms with van der Waals surface area (Å²) < 4.78 is 0. The number of aryl methyl sites for hydroxylation is 1. The van der Waals surface area contributed by atoms with Gasteiger partial charge in [-0.3, -0.25) is 14.6 Å². The van der Waals surface area contributed by atoms with Crippen LogP contribution in [0.4, 0.5) is 5.69 Å². The van der Waals surface area contributed by atoms with Crippen molar-refractivity contribution in [1.82, 2.24) is 15.2 Å². The van der Waals surface area contributed by atoms with E-state index in [-0.39, 0.29) is 17.7 Å². The molecule has 0 aliphatic rings. The first-order valence-corrected chi connectivity index (χ1v) is 9.58. The monoisotopic (exact) mass is 382 g/mol. The van der Waals surface area contributed by atoms with E-state index in [0.29, 0.717) is 17.7 Å². The highest BCUT2D eigenvalue weighted by Crippen LogP contribution is 2.27. The minimum absolute atomic E-state index is 0.223. The zero-order valence-corrected chi connectivity index (χ0v) is 17.4. The van der Waals surface area contributed by atoms with Crippen LogP contribution >= 0.6 is 0 Å². The molecule has 6 nitrogen and oxygen atoms in total. The van der Waals surface area contributed by atoms with E-state index in [1.807, 2.05) is 39.2 Å². The number of pyridine rings is 1. The van der Waals surface area contributed by atoms with Crippen molar-refractivity contribution in [1.29, 1.82) is 0 Å². The highest BCUT2D eigenvalue weighted by molar-refractivity contribution is 6.06. The Hall–Kier alpha value is -2.73. The summed E-state index contributed by atoms with van der Waals surface area (Å²) in [7, 11) is 3.99. The number of carbonyl (C=O) groups is 2. The third-order valence-corrected chi connectivity index (χ3v) is 4.50. The van der Waals surface area contributed by atoms with Crippen molar-refractivity contribution in [2.24, 2.45) is 0 Å². The number of carbonyl (C=O) groups excluding carboxylic acids is 2. The zero-order chi connectivity index (χ0) is 20.7. The van der Waals surface area contributed by atoms with E-state index < -0.39 is 0 Å². The van der Waals surface area contributed by atoms with Crippen LogP contribution in [0.5, 0.6) is 0 Å². The van der Waals surface area contributed by atoms with Gasteiger partial charge in [0.1, 0.15) is 0 Å². The lowest BCUT2D eigenvalue weighted by Gasteiger charge is -2.16. The SMILES string of the molecule is Cc1cccc(C(C)C)c1NC(=O)c1cncc(C(=O)NCCCN(C)C)c1. The molecule has 1 heterocycles. The van der Waals surface area contributed by atoms with E-state index in [2.05, 4.69) is 34.4 Å². The van der Waals surface area contributed by atoms with E-state index in [1.165, 1.54) is 12.4 Å². The molecule has 1 aromatic heterocycles. The number of hydrogen-bond donors (Lipinski definition) is 2. The molecule has 2 amide bonds. The first-order chi connectivity index (χ1) is 13.3. The third kappa shape index (κ3) is 5.89. The Morgan fingerprint density at radius 3 is 2.43 bits per heavy atom. The maximum Gasteiger partial charge on any atom is 0.257 e. The van der Waals surface area contributed by atoms with Crippen LogP contribution in [0.3, 0.4) is 0 Å². The van der Waals surface area contributed by atoms with Crippen molar-refractivity contribution in [2.75, 3.05) is 32.5 Å². The first-order valence-electron chi connectivity index (χ1n) is 9.58. The summed E-state index contributed by atoms with van der Waals surface area (Å²) in [5.74, 6) is -0.210. The summed E-state index contributed by atoms with van der Waals surface area (Å²) in [5.41, 5.74) is 3.64. The molecule has 2 aromatic rings. The van der Waals surface area contributed by atoms with Gasteiger partial charge in [-0.2, -0.15) is 0 Å². The summed E-state index contributed by atoms with van der Waals surface area (Å²) in [4.78, 5) is 31.2. The number of nitrogens with one attached hydrogen (secondary N) is 2. The van der Waals surface area contributed by atoms with Crippen molar-refractivity contribution in [3.63, 3.8) is 0 Å². The topological polar surface area (TPSA) is 74.3 Å². The van der Waals surface area contributed by atoms with Gasteiger partial charge in [0.15, 0.2) is 0 Å². The molecule has 0 unspecified atom stereocenters. The third-order valence-electron chi connectivity index (χ3n) is 4.50. The first kappa shape index (κ1) is 21.6. The fraction of sp³-hybridized carbons (Fsp3) is 0.409. The van der Waals surface area contributed by atoms with Gasteiger partial charge >= 0.3 is 0 Å². The predicted octanol–water partition coefficient (Wildman–Crippen LogP) is 3.45. The summed E-state index contributed by atoms with van der Waals surface area (Å²) in [6, 6.07) is 7.56. The molecule has 6 heteroatoms. The van der Waals surface area contributed by atoms with Crippen LogP contribution in [0.1, 0.15) is 58.0 Å². The van der Waals surface area contributed by atoms with Gasteiger partial charge in [0.05, 0.1) is 11.1 Å². The minimum Gasteiger partial charge on any atom is -0.352 e. The smallest absolute Gasteiger partial charge is 0.257 e. The van der Waals surface area contributed by atoms with Crippen LogP contribution in [-0.4, -0.2) is 48.9 Å². The Morgan fingerprint density at radius 2 is 1.79 bits per heavy atom. The van der Waals surface area contributed by atoms with Crippen LogP contribution in [0.25, 0.3) is 0 Å². The second-order valence-electron chi connectivity index (χ2n) is 7.52. The zero-order valence-electron chi connectivity index (χ0n) is 17.4. The van der Waals surface area contributed by atoms with Gasteiger partial charge in [0.25, 0.3) is 11.8 Å². The predicted molar refractivity (Wildman–Crippen MR) is 113 cm³/mol. The molecular formula is C22H30N4O2. The fourth-order valence-corrected chi connectivity index (χ4v) is 2.92. The van der Waals surface area contributed by atoms with Crippen LogP contribution in [0, 0.1) is 6.92 Å². The average molecular weight is 383 g/mol. The highest BCUT2D eigenvalue weighted by Gasteiger charge is 2.15. The van der Waals surface area contributed by atoms with Crippen molar-refractivity contribution in [3.05, 3.63) is 58.9 Å². The van der Waals surface area contributed by atoms with Gasteiger partial charge in [0.2, 0.25) is 0 Å². The van der Waals surface area contributed by atoms with Crippen LogP contribution in [0.15, 0.2) is 36.7 Å². The molecule has 1 aromatic carbocycles. The van der Waals surface area contributed by atoms with Crippen LogP contribution in [-0.2, 0) is 0 Å². The van der Waals surface area contributed by atoms with E-state index >= 15 is 0 Å². The Kier molecular flexibility index (Phi) is 7.70. The Labute approximate surface area is 167 Å². The molecule has 2 rings (SSSR count). The molecule has 0 spiro atoms. The number of nitrogens with zero attached hydrogens (tertiary/aromatic N) is 2. The van der Waals surface area contributed by atoms with E-state index in [9.17, 15) is 9.59 Å². The standard InChI is InChI=1S/C22H30N4O2/c1-15(2)19-9-6-8-16(3)20(19)25-22(28)18-12-17(13-23-14-18)21(27)24-10-7-11-26(4)5/h6,8-9,12-15H,7,10-11H2,1-5H3,(H,24,27)(H,25,28). The van der Waals surface area contributed by atoms with Gasteiger partial charge < -0.3 is 15.5 Å². The lowest BCUT2D eigenvalue weighted by molar-refractivity contribution is 0.0952.